The highest BCUT2D eigenvalue weighted by Crippen LogP contribution is 2.33. The molecule has 0 radical (unpaired) electrons. The minimum atomic E-state index is -0.344. The topological polar surface area (TPSA) is 41.9 Å². The molecule has 1 aliphatic rings. The summed E-state index contributed by atoms with van der Waals surface area (Å²) in [5, 5.41) is 0.872. The van der Waals surface area contributed by atoms with E-state index in [0.717, 1.165) is 16.6 Å². The van der Waals surface area contributed by atoms with E-state index in [1.165, 1.54) is 7.11 Å². The Hall–Kier alpha value is -1.75. The van der Waals surface area contributed by atoms with Crippen molar-refractivity contribution in [1.82, 2.24) is 0 Å². The highest BCUT2D eigenvalue weighted by molar-refractivity contribution is 8.13. The highest BCUT2D eigenvalue weighted by atomic mass is 32.2. The largest absolute Gasteiger partial charge is 0.465 e. The van der Waals surface area contributed by atoms with Gasteiger partial charge < -0.3 is 4.74 Å². The lowest BCUT2D eigenvalue weighted by Crippen LogP contribution is -2.36. The number of hydrogen-bond donors (Lipinski definition) is 0. The molecule has 4 nitrogen and oxygen atoms in total. The van der Waals surface area contributed by atoms with Gasteiger partial charge in [-0.2, -0.15) is 0 Å². The normalized spacial score (nSPS) is 17.1. The zero-order valence-corrected chi connectivity index (χ0v) is 13.8. The number of thioether (sulfide) groups is 1. The van der Waals surface area contributed by atoms with Crippen LogP contribution < -0.4 is 4.90 Å². The first-order valence-electron chi connectivity index (χ1n) is 6.70. The Morgan fingerprint density at radius 3 is 2.62 bits per heavy atom. The second-order valence-corrected chi connectivity index (χ2v) is 6.16. The van der Waals surface area contributed by atoms with E-state index in [1.54, 1.807) is 17.8 Å². The molecule has 1 aromatic rings. The smallest absolute Gasteiger partial charge is 0.339 e. The van der Waals surface area contributed by atoms with Gasteiger partial charge in [-0.15, -0.1) is 0 Å². The Labute approximate surface area is 129 Å². The first-order chi connectivity index (χ1) is 9.89. The Kier molecular flexibility index (Phi) is 4.42. The van der Waals surface area contributed by atoms with Crippen LogP contribution in [-0.2, 0) is 4.74 Å². The average molecular weight is 304 g/mol. The fourth-order valence-electron chi connectivity index (χ4n) is 2.44. The van der Waals surface area contributed by atoms with Crippen molar-refractivity contribution in [2.24, 2.45) is 4.99 Å². The van der Waals surface area contributed by atoms with E-state index in [2.05, 4.69) is 19.9 Å². The molecule has 1 aliphatic heterocycles. The molecule has 0 saturated heterocycles. The minimum absolute atomic E-state index is 0.237. The number of aliphatic imine (C=N–C) groups is 1. The lowest BCUT2D eigenvalue weighted by atomic mass is 10.0. The van der Waals surface area contributed by atoms with E-state index in [-0.39, 0.29) is 11.5 Å². The number of rotatable bonds is 2. The van der Waals surface area contributed by atoms with Crippen molar-refractivity contribution in [3.05, 3.63) is 41.6 Å². The summed E-state index contributed by atoms with van der Waals surface area (Å²) in [6.07, 6.45) is 4.09. The van der Waals surface area contributed by atoms with Gasteiger partial charge in [0.25, 0.3) is 0 Å². The van der Waals surface area contributed by atoms with Crippen LogP contribution >= 0.6 is 11.8 Å². The van der Waals surface area contributed by atoms with E-state index in [4.69, 9.17) is 9.73 Å². The fraction of sp³-hybridized carbons (Fsp3) is 0.375. The molecule has 0 aliphatic carbocycles. The second-order valence-electron chi connectivity index (χ2n) is 5.38. The molecule has 0 N–H and O–H groups in total. The van der Waals surface area contributed by atoms with Gasteiger partial charge in [-0.1, -0.05) is 23.9 Å². The molecule has 5 heteroatoms. The maximum absolute atomic E-state index is 12.0. The zero-order valence-electron chi connectivity index (χ0n) is 13.0. The van der Waals surface area contributed by atoms with Crippen molar-refractivity contribution < 1.29 is 9.53 Å². The standard InChI is InChI=1S/C16H20N2O2S/c1-11-10-16(2,3)17-15(21-5)18(11)13-9-7-6-8-12(13)14(19)20-4/h6-10H,1-5H3. The van der Waals surface area contributed by atoms with Crippen LogP contribution in [-0.4, -0.2) is 30.0 Å². The number of anilines is 1. The number of methoxy groups -OCH3 is 1. The average Bonchev–Trinajstić information content (AvgIpc) is 2.44. The number of carbonyl (C=O) groups excluding carboxylic acids is 1. The summed E-state index contributed by atoms with van der Waals surface area (Å²) < 4.78 is 4.88. The van der Waals surface area contributed by atoms with E-state index in [9.17, 15) is 4.79 Å². The van der Waals surface area contributed by atoms with Gasteiger partial charge in [0.2, 0.25) is 0 Å². The van der Waals surface area contributed by atoms with Crippen LogP contribution in [0.4, 0.5) is 5.69 Å². The second kappa shape index (κ2) is 5.93. The third kappa shape index (κ3) is 3.13. The van der Waals surface area contributed by atoms with Crippen molar-refractivity contribution in [3.63, 3.8) is 0 Å². The van der Waals surface area contributed by atoms with E-state index < -0.39 is 0 Å². The Balaban J connectivity index is 2.56. The molecule has 0 aromatic heterocycles. The molecule has 1 aromatic carbocycles. The number of hydrogen-bond acceptors (Lipinski definition) is 5. The maximum Gasteiger partial charge on any atom is 0.339 e. The Bertz CT molecular complexity index is 620. The molecule has 0 fully saturated rings. The first-order valence-corrected chi connectivity index (χ1v) is 7.93. The van der Waals surface area contributed by atoms with Crippen LogP contribution in [0.1, 0.15) is 31.1 Å². The monoisotopic (exact) mass is 304 g/mol. The summed E-state index contributed by atoms with van der Waals surface area (Å²) in [6.45, 7) is 6.16. The first kappa shape index (κ1) is 15.6. The fourth-order valence-corrected chi connectivity index (χ4v) is 3.19. The number of amidine groups is 1. The summed E-state index contributed by atoms with van der Waals surface area (Å²) in [4.78, 5) is 18.7. The molecular weight excluding hydrogens is 284 g/mol. The Morgan fingerprint density at radius 2 is 2.00 bits per heavy atom. The van der Waals surface area contributed by atoms with E-state index >= 15 is 0 Å². The van der Waals surface area contributed by atoms with Gasteiger partial charge in [0.1, 0.15) is 0 Å². The van der Waals surface area contributed by atoms with Gasteiger partial charge in [-0.3, -0.25) is 9.89 Å². The predicted octanol–water partition coefficient (Wildman–Crippen LogP) is 3.69. The van der Waals surface area contributed by atoms with E-state index in [0.29, 0.717) is 5.56 Å². The maximum atomic E-state index is 12.0. The highest BCUT2D eigenvalue weighted by Gasteiger charge is 2.28. The molecule has 0 saturated carbocycles. The van der Waals surface area contributed by atoms with Crippen molar-refractivity contribution in [2.75, 3.05) is 18.3 Å². The van der Waals surface area contributed by atoms with Crippen molar-refractivity contribution >= 4 is 28.6 Å². The third-order valence-electron chi connectivity index (χ3n) is 3.22. The van der Waals surface area contributed by atoms with Crippen LogP contribution in [0.2, 0.25) is 0 Å². The SMILES string of the molecule is COC(=O)c1ccccc1N1C(C)=CC(C)(C)N=C1SC. The number of allylic oxidation sites excluding steroid dienone is 1. The van der Waals surface area contributed by atoms with Crippen LogP contribution in [0.25, 0.3) is 0 Å². The van der Waals surface area contributed by atoms with Crippen molar-refractivity contribution in [1.29, 1.82) is 0 Å². The lowest BCUT2D eigenvalue weighted by molar-refractivity contribution is 0.0601. The summed E-state index contributed by atoms with van der Waals surface area (Å²) >= 11 is 1.57. The van der Waals surface area contributed by atoms with Gasteiger partial charge in [-0.05, 0) is 45.2 Å². The predicted molar refractivity (Wildman–Crippen MR) is 89.0 cm³/mol. The third-order valence-corrected chi connectivity index (χ3v) is 3.86. The summed E-state index contributed by atoms with van der Waals surface area (Å²) in [5.41, 5.74) is 2.14. The van der Waals surface area contributed by atoms with Gasteiger partial charge in [0.15, 0.2) is 5.17 Å². The number of ether oxygens (including phenoxy) is 1. The minimum Gasteiger partial charge on any atom is -0.465 e. The number of nitrogens with zero attached hydrogens (tertiary/aromatic N) is 2. The van der Waals surface area contributed by atoms with E-state index in [1.807, 2.05) is 36.3 Å². The van der Waals surface area contributed by atoms with Gasteiger partial charge in [0, 0.05) is 5.70 Å². The summed E-state index contributed by atoms with van der Waals surface area (Å²) in [6, 6.07) is 7.42. The number of esters is 1. The van der Waals surface area contributed by atoms with Gasteiger partial charge in [-0.25, -0.2) is 4.79 Å². The molecule has 0 spiro atoms. The van der Waals surface area contributed by atoms with Crippen LogP contribution in [0.3, 0.4) is 0 Å². The molecule has 0 atom stereocenters. The molecule has 21 heavy (non-hydrogen) atoms. The molecule has 0 unspecified atom stereocenters. The number of carbonyl (C=O) groups is 1. The van der Waals surface area contributed by atoms with Gasteiger partial charge in [0.05, 0.1) is 23.9 Å². The van der Waals surface area contributed by atoms with Crippen LogP contribution in [0.5, 0.6) is 0 Å². The molecular formula is C16H20N2O2S. The van der Waals surface area contributed by atoms with Crippen molar-refractivity contribution in [3.8, 4) is 0 Å². The van der Waals surface area contributed by atoms with Gasteiger partial charge >= 0.3 is 5.97 Å². The molecule has 2 rings (SSSR count). The van der Waals surface area contributed by atoms with Crippen LogP contribution in [0.15, 0.2) is 41.0 Å². The zero-order chi connectivity index (χ0) is 15.6. The molecule has 112 valence electrons. The van der Waals surface area contributed by atoms with Crippen molar-refractivity contribution in [2.45, 2.75) is 26.3 Å². The lowest BCUT2D eigenvalue weighted by Gasteiger charge is -2.34. The quantitative estimate of drug-likeness (QED) is 0.781. The molecule has 0 amide bonds. The summed E-state index contributed by atoms with van der Waals surface area (Å²) in [7, 11) is 1.39. The number of benzene rings is 1. The summed E-state index contributed by atoms with van der Waals surface area (Å²) in [5.74, 6) is -0.344. The number of para-hydroxylation sites is 1. The van der Waals surface area contributed by atoms with Crippen LogP contribution in [0, 0.1) is 0 Å². The molecule has 0 bridgehead atoms. The Morgan fingerprint density at radius 1 is 1.33 bits per heavy atom. The molecule has 1 heterocycles.